The van der Waals surface area contributed by atoms with Gasteiger partial charge in [-0.3, -0.25) is 9.58 Å². The number of aromatic nitrogens is 4. The zero-order valence-corrected chi connectivity index (χ0v) is 22.2. The van der Waals surface area contributed by atoms with Gasteiger partial charge in [0, 0.05) is 44.6 Å². The van der Waals surface area contributed by atoms with E-state index in [0.717, 1.165) is 41.0 Å². The highest BCUT2D eigenvalue weighted by Gasteiger charge is 2.34. The van der Waals surface area contributed by atoms with Crippen LogP contribution in [0.25, 0.3) is 11.3 Å². The molecule has 3 aromatic rings. The Kier molecular flexibility index (Phi) is 7.87. The first kappa shape index (κ1) is 26.1. The number of nitrogens with zero attached hydrogens (tertiary/aromatic N) is 6. The highest BCUT2D eigenvalue weighted by Crippen LogP contribution is 2.31. The third-order valence-electron chi connectivity index (χ3n) is 6.87. The fraction of sp³-hybridized carbons (Fsp3) is 0.481. The van der Waals surface area contributed by atoms with Crippen molar-refractivity contribution >= 4 is 17.7 Å². The number of likely N-dealkylation sites (tertiary alicyclic amines) is 1. The van der Waals surface area contributed by atoms with Gasteiger partial charge in [0.25, 0.3) is 0 Å². The second kappa shape index (κ2) is 11.5. The van der Waals surface area contributed by atoms with Crippen LogP contribution in [0, 0.1) is 0 Å². The molecule has 0 spiro atoms. The lowest BCUT2D eigenvalue weighted by molar-refractivity contribution is -0.0644. The Labute approximate surface area is 222 Å². The second-order valence-electron chi connectivity index (χ2n) is 10.2. The molecule has 0 aliphatic carbocycles. The zero-order valence-electron chi connectivity index (χ0n) is 22.2. The van der Waals surface area contributed by atoms with Crippen LogP contribution in [-0.4, -0.2) is 85.7 Å². The Balaban J connectivity index is 1.34. The van der Waals surface area contributed by atoms with Crippen molar-refractivity contribution in [3.8, 4) is 11.3 Å². The molecule has 3 N–H and O–H groups in total. The van der Waals surface area contributed by atoms with Crippen LogP contribution in [-0.2, 0) is 18.3 Å². The second-order valence-corrected chi connectivity index (χ2v) is 10.2. The van der Waals surface area contributed by atoms with Gasteiger partial charge in [-0.25, -0.2) is 14.8 Å². The molecule has 2 aliphatic heterocycles. The highest BCUT2D eigenvalue weighted by molar-refractivity contribution is 5.76. The number of carbonyl (C=O) groups is 1. The molecule has 1 fully saturated rings. The Bertz CT molecular complexity index is 1260. The van der Waals surface area contributed by atoms with E-state index in [9.17, 15) is 9.90 Å². The summed E-state index contributed by atoms with van der Waals surface area (Å²) in [7, 11) is 1.86. The zero-order chi connectivity index (χ0) is 26.6. The lowest BCUT2D eigenvalue weighted by Gasteiger charge is -2.40. The standard InChI is InChI=1S/C27H36N8O3/c1-18(2)38-22-16-35(17-22)27(37)32-25-7-9-34(10-11-36)14-20-12-19(4-5-23(20)25)24-6-8-28-26(31-24)30-21-13-29-33(3)15-21/h4-6,8,12-13,15,18,22,25,36H,7,9-11,14,16-17H2,1-3H3,(H,32,37)(H,28,30,31). The molecule has 5 rings (SSSR count). The molecule has 0 radical (unpaired) electrons. The molecule has 1 aromatic carbocycles. The summed E-state index contributed by atoms with van der Waals surface area (Å²) in [5.74, 6) is 0.492. The topological polar surface area (TPSA) is 121 Å². The van der Waals surface area contributed by atoms with Crippen molar-refractivity contribution in [2.24, 2.45) is 7.05 Å². The summed E-state index contributed by atoms with van der Waals surface area (Å²) >= 11 is 0. The van der Waals surface area contributed by atoms with Crippen LogP contribution in [0.2, 0.25) is 0 Å². The number of aliphatic hydroxyl groups is 1. The molecule has 1 atom stereocenters. The summed E-state index contributed by atoms with van der Waals surface area (Å²) in [4.78, 5) is 26.1. The van der Waals surface area contributed by atoms with E-state index in [0.29, 0.717) is 32.1 Å². The molecular weight excluding hydrogens is 484 g/mol. The van der Waals surface area contributed by atoms with Crippen molar-refractivity contribution in [3.05, 3.63) is 54.0 Å². The number of β-amino-alcohol motifs (C(OH)–C–C–N with tert-alkyl or cyclic N) is 1. The van der Waals surface area contributed by atoms with E-state index in [4.69, 9.17) is 9.72 Å². The monoisotopic (exact) mass is 520 g/mol. The van der Waals surface area contributed by atoms with Crippen LogP contribution in [0.3, 0.4) is 0 Å². The molecule has 11 heteroatoms. The minimum atomic E-state index is -0.117. The van der Waals surface area contributed by atoms with Crippen molar-refractivity contribution in [2.45, 2.75) is 45.1 Å². The first-order valence-electron chi connectivity index (χ1n) is 13.1. The van der Waals surface area contributed by atoms with Gasteiger partial charge in [-0.05, 0) is 43.5 Å². The average molecular weight is 521 g/mol. The maximum Gasteiger partial charge on any atom is 0.318 e. The number of benzene rings is 1. The van der Waals surface area contributed by atoms with Crippen LogP contribution >= 0.6 is 0 Å². The molecule has 2 amide bonds. The number of amides is 2. The number of hydrogen-bond acceptors (Lipinski definition) is 8. The SMILES string of the molecule is CC(C)OC1CN(C(=O)NC2CCN(CCO)Cc3cc(-c4ccnc(Nc5cnn(C)c5)n4)ccc32)C1. The van der Waals surface area contributed by atoms with Gasteiger partial charge >= 0.3 is 6.03 Å². The molecule has 11 nitrogen and oxygen atoms in total. The highest BCUT2D eigenvalue weighted by atomic mass is 16.5. The predicted molar refractivity (Wildman–Crippen MR) is 144 cm³/mol. The summed E-state index contributed by atoms with van der Waals surface area (Å²) in [5, 5.41) is 20.2. The van der Waals surface area contributed by atoms with Gasteiger partial charge in [0.1, 0.15) is 0 Å². The van der Waals surface area contributed by atoms with Gasteiger partial charge in [-0.1, -0.05) is 12.1 Å². The number of carbonyl (C=O) groups excluding carboxylic acids is 1. The lowest BCUT2D eigenvalue weighted by atomic mass is 9.96. The molecule has 1 unspecified atom stereocenters. The molecule has 38 heavy (non-hydrogen) atoms. The molecule has 1 saturated heterocycles. The Morgan fingerprint density at radius 2 is 2.11 bits per heavy atom. The maximum atomic E-state index is 13.0. The number of hydrogen-bond donors (Lipinski definition) is 3. The molecule has 202 valence electrons. The molecular formula is C27H36N8O3. The first-order chi connectivity index (χ1) is 18.4. The van der Waals surface area contributed by atoms with Crippen molar-refractivity contribution in [1.29, 1.82) is 0 Å². The summed E-state index contributed by atoms with van der Waals surface area (Å²) < 4.78 is 7.51. The molecule has 4 heterocycles. The summed E-state index contributed by atoms with van der Waals surface area (Å²) in [5.41, 5.74) is 4.79. The van der Waals surface area contributed by atoms with E-state index in [1.54, 1.807) is 22.0 Å². The van der Waals surface area contributed by atoms with Crippen LogP contribution in [0.4, 0.5) is 16.4 Å². The normalized spacial score (nSPS) is 18.1. The van der Waals surface area contributed by atoms with E-state index in [1.807, 2.05) is 39.2 Å². The van der Waals surface area contributed by atoms with Gasteiger partial charge < -0.3 is 25.4 Å². The maximum absolute atomic E-state index is 13.0. The molecule has 2 aromatic heterocycles. The summed E-state index contributed by atoms with van der Waals surface area (Å²) in [6.45, 7) is 7.39. The quantitative estimate of drug-likeness (QED) is 0.415. The third kappa shape index (κ3) is 6.12. The minimum Gasteiger partial charge on any atom is -0.395 e. The number of aliphatic hydroxyl groups excluding tert-OH is 1. The average Bonchev–Trinajstić information content (AvgIpc) is 3.19. The van der Waals surface area contributed by atoms with Crippen LogP contribution in [0.5, 0.6) is 0 Å². The first-order valence-corrected chi connectivity index (χ1v) is 13.1. The predicted octanol–water partition coefficient (Wildman–Crippen LogP) is 2.68. The smallest absolute Gasteiger partial charge is 0.318 e. The van der Waals surface area contributed by atoms with Crippen molar-refractivity contribution < 1.29 is 14.6 Å². The number of aryl methyl sites for hydroxylation is 1. The van der Waals surface area contributed by atoms with E-state index in [1.165, 1.54) is 0 Å². The van der Waals surface area contributed by atoms with E-state index in [-0.39, 0.29) is 30.9 Å². The minimum absolute atomic E-state index is 0.0637. The number of ether oxygens (including phenoxy) is 1. The van der Waals surface area contributed by atoms with E-state index < -0.39 is 0 Å². The Hall–Kier alpha value is -3.54. The number of nitrogens with one attached hydrogen (secondary N) is 2. The van der Waals surface area contributed by atoms with Gasteiger partial charge in [0.2, 0.25) is 5.95 Å². The molecule has 0 bridgehead atoms. The molecule has 0 saturated carbocycles. The van der Waals surface area contributed by atoms with Crippen LogP contribution < -0.4 is 10.6 Å². The number of urea groups is 1. The Morgan fingerprint density at radius 3 is 2.84 bits per heavy atom. The van der Waals surface area contributed by atoms with E-state index in [2.05, 4.69) is 37.7 Å². The third-order valence-corrected chi connectivity index (χ3v) is 6.87. The largest absolute Gasteiger partial charge is 0.395 e. The van der Waals surface area contributed by atoms with Crippen molar-refractivity contribution in [2.75, 3.05) is 38.1 Å². The van der Waals surface area contributed by atoms with Gasteiger partial charge in [-0.2, -0.15) is 5.10 Å². The van der Waals surface area contributed by atoms with Crippen molar-refractivity contribution in [3.63, 3.8) is 0 Å². The van der Waals surface area contributed by atoms with Crippen LogP contribution in [0.1, 0.15) is 37.4 Å². The summed E-state index contributed by atoms with van der Waals surface area (Å²) in [6, 6.07) is 7.98. The van der Waals surface area contributed by atoms with Gasteiger partial charge in [-0.15, -0.1) is 0 Å². The van der Waals surface area contributed by atoms with Gasteiger partial charge in [0.05, 0.1) is 55.5 Å². The number of fused-ring (bicyclic) bond motifs is 1. The lowest BCUT2D eigenvalue weighted by Crippen LogP contribution is -2.58. The molecule has 2 aliphatic rings. The summed E-state index contributed by atoms with van der Waals surface area (Å²) in [6.07, 6.45) is 6.35. The Morgan fingerprint density at radius 1 is 1.26 bits per heavy atom. The van der Waals surface area contributed by atoms with Gasteiger partial charge in [0.15, 0.2) is 0 Å². The number of rotatable bonds is 8. The van der Waals surface area contributed by atoms with Crippen molar-refractivity contribution in [1.82, 2.24) is 34.9 Å². The number of anilines is 2. The van der Waals surface area contributed by atoms with Crippen LogP contribution in [0.15, 0.2) is 42.9 Å². The fourth-order valence-electron chi connectivity index (χ4n) is 5.02. The fourth-order valence-corrected chi connectivity index (χ4v) is 5.02. The van der Waals surface area contributed by atoms with E-state index >= 15 is 0 Å².